The minimum atomic E-state index is -1.14. The Labute approximate surface area is 147 Å². The molecule has 2 heterocycles. The monoisotopic (exact) mass is 351 g/mol. The number of rotatable bonds is 4. The molecule has 2 N–H and O–H groups in total. The first-order valence-electron chi connectivity index (χ1n) is 8.47. The van der Waals surface area contributed by atoms with Crippen LogP contribution in [-0.2, 0) is 20.8 Å². The summed E-state index contributed by atoms with van der Waals surface area (Å²) in [5, 5.41) is 19.7. The average Bonchev–Trinajstić information content (AvgIpc) is 3.04. The van der Waals surface area contributed by atoms with E-state index in [-0.39, 0.29) is 18.8 Å². The van der Waals surface area contributed by atoms with E-state index < -0.39 is 36.7 Å². The van der Waals surface area contributed by atoms with Crippen LogP contribution in [0.2, 0.25) is 0 Å². The fourth-order valence-corrected chi connectivity index (χ4v) is 3.64. The Hall–Kier alpha value is -1.67. The molecule has 1 aromatic carbocycles. The normalized spacial score (nSPS) is 31.6. The lowest BCUT2D eigenvalue weighted by atomic mass is 10.0. The van der Waals surface area contributed by atoms with E-state index in [0.29, 0.717) is 0 Å². The van der Waals surface area contributed by atoms with Gasteiger partial charge < -0.3 is 24.4 Å². The number of aliphatic hydroxyl groups is 2. The van der Waals surface area contributed by atoms with Gasteiger partial charge in [-0.25, -0.2) is 4.79 Å². The van der Waals surface area contributed by atoms with Gasteiger partial charge in [-0.05, 0) is 26.3 Å². The van der Waals surface area contributed by atoms with Crippen molar-refractivity contribution in [2.45, 2.75) is 63.6 Å². The van der Waals surface area contributed by atoms with Crippen molar-refractivity contribution in [2.75, 3.05) is 6.61 Å². The maximum atomic E-state index is 12.7. The predicted molar refractivity (Wildman–Crippen MR) is 88.6 cm³/mol. The third kappa shape index (κ3) is 3.50. The van der Waals surface area contributed by atoms with Crippen LogP contribution in [0, 0.1) is 0 Å². The molecule has 0 saturated carbocycles. The number of carbonyl (C=O) groups is 1. The Morgan fingerprint density at radius 2 is 1.92 bits per heavy atom. The molecule has 7 nitrogen and oxygen atoms in total. The van der Waals surface area contributed by atoms with Crippen LogP contribution in [0.1, 0.15) is 26.3 Å². The van der Waals surface area contributed by atoms with E-state index in [1.54, 1.807) is 13.8 Å². The van der Waals surface area contributed by atoms with Gasteiger partial charge in [0, 0.05) is 0 Å². The molecule has 2 saturated heterocycles. The number of hydrogen-bond acceptors (Lipinski definition) is 6. The molecule has 2 aliphatic rings. The Morgan fingerprint density at radius 1 is 1.28 bits per heavy atom. The SMILES string of the molecule is C[C@@H]1[C@H]2OC(C)(C)O[C@H]2[C@H]([C@@H](O)CO)N1C(=O)OCc1ccccc1. The molecule has 0 aliphatic carbocycles. The number of aliphatic hydroxyl groups excluding tert-OH is 2. The quantitative estimate of drug-likeness (QED) is 0.849. The van der Waals surface area contributed by atoms with E-state index in [9.17, 15) is 15.0 Å². The third-order valence-electron chi connectivity index (χ3n) is 4.73. The number of amides is 1. The molecule has 0 spiro atoms. The van der Waals surface area contributed by atoms with Crippen LogP contribution in [0.4, 0.5) is 4.79 Å². The van der Waals surface area contributed by atoms with Gasteiger partial charge in [0.2, 0.25) is 0 Å². The molecule has 0 radical (unpaired) electrons. The van der Waals surface area contributed by atoms with E-state index in [2.05, 4.69) is 0 Å². The summed E-state index contributed by atoms with van der Waals surface area (Å²) in [7, 11) is 0. The highest BCUT2D eigenvalue weighted by Crippen LogP contribution is 2.41. The summed E-state index contributed by atoms with van der Waals surface area (Å²) in [6, 6.07) is 8.28. The van der Waals surface area contributed by atoms with Gasteiger partial charge in [0.05, 0.1) is 18.7 Å². The summed E-state index contributed by atoms with van der Waals surface area (Å²) in [4.78, 5) is 14.1. The Kier molecular flexibility index (Phi) is 5.02. The molecule has 2 aliphatic heterocycles. The summed E-state index contributed by atoms with van der Waals surface area (Å²) < 4.78 is 17.2. The molecule has 1 aromatic rings. The number of benzene rings is 1. The number of ether oxygens (including phenoxy) is 3. The third-order valence-corrected chi connectivity index (χ3v) is 4.73. The van der Waals surface area contributed by atoms with Gasteiger partial charge in [0.15, 0.2) is 5.79 Å². The first-order chi connectivity index (χ1) is 11.8. The predicted octanol–water partition coefficient (Wildman–Crippen LogP) is 1.27. The van der Waals surface area contributed by atoms with Crippen molar-refractivity contribution in [1.29, 1.82) is 0 Å². The Bertz CT molecular complexity index is 607. The molecule has 7 heteroatoms. The molecule has 2 fully saturated rings. The first-order valence-corrected chi connectivity index (χ1v) is 8.47. The number of likely N-dealkylation sites (tertiary alicyclic amines) is 1. The minimum Gasteiger partial charge on any atom is -0.445 e. The van der Waals surface area contributed by atoms with Crippen molar-refractivity contribution >= 4 is 6.09 Å². The average molecular weight is 351 g/mol. The zero-order valence-corrected chi connectivity index (χ0v) is 14.7. The van der Waals surface area contributed by atoms with Gasteiger partial charge in [-0.3, -0.25) is 4.90 Å². The fourth-order valence-electron chi connectivity index (χ4n) is 3.64. The van der Waals surface area contributed by atoms with Crippen molar-refractivity contribution < 1.29 is 29.2 Å². The first kappa shape index (κ1) is 18.1. The lowest BCUT2D eigenvalue weighted by Crippen LogP contribution is -2.52. The van der Waals surface area contributed by atoms with Gasteiger partial charge in [0.25, 0.3) is 0 Å². The maximum absolute atomic E-state index is 12.7. The number of fused-ring (bicyclic) bond motifs is 1. The second-order valence-corrected chi connectivity index (χ2v) is 6.99. The summed E-state index contributed by atoms with van der Waals surface area (Å²) in [6.45, 7) is 5.06. The molecule has 0 bridgehead atoms. The van der Waals surface area contributed by atoms with Crippen LogP contribution in [0.3, 0.4) is 0 Å². The largest absolute Gasteiger partial charge is 0.445 e. The van der Waals surface area contributed by atoms with Gasteiger partial charge in [-0.15, -0.1) is 0 Å². The molecular weight excluding hydrogens is 326 g/mol. The van der Waals surface area contributed by atoms with Crippen molar-refractivity contribution in [1.82, 2.24) is 4.90 Å². The van der Waals surface area contributed by atoms with Crippen LogP contribution in [0.15, 0.2) is 30.3 Å². The van der Waals surface area contributed by atoms with Gasteiger partial charge in [-0.2, -0.15) is 0 Å². The fraction of sp³-hybridized carbons (Fsp3) is 0.611. The van der Waals surface area contributed by atoms with Crippen molar-refractivity contribution in [2.24, 2.45) is 0 Å². The molecular formula is C18H25NO6. The van der Waals surface area contributed by atoms with E-state index in [1.165, 1.54) is 4.90 Å². The van der Waals surface area contributed by atoms with Crippen LogP contribution in [0.25, 0.3) is 0 Å². The maximum Gasteiger partial charge on any atom is 0.410 e. The second-order valence-electron chi connectivity index (χ2n) is 6.99. The zero-order chi connectivity index (χ0) is 18.2. The van der Waals surface area contributed by atoms with Gasteiger partial charge in [0.1, 0.15) is 24.9 Å². The molecule has 0 unspecified atom stereocenters. The van der Waals surface area contributed by atoms with Crippen molar-refractivity contribution in [3.05, 3.63) is 35.9 Å². The summed E-state index contributed by atoms with van der Waals surface area (Å²) >= 11 is 0. The lowest BCUT2D eigenvalue weighted by molar-refractivity contribution is -0.171. The number of carbonyl (C=O) groups excluding carboxylic acids is 1. The second kappa shape index (κ2) is 6.92. The van der Waals surface area contributed by atoms with Gasteiger partial charge in [-0.1, -0.05) is 30.3 Å². The highest BCUT2D eigenvalue weighted by molar-refractivity contribution is 5.69. The molecule has 3 rings (SSSR count). The van der Waals surface area contributed by atoms with E-state index in [1.807, 2.05) is 37.3 Å². The standard InChI is InChI=1S/C18H25NO6/c1-11-15-16(25-18(2,3)24-15)14(13(21)9-20)19(11)17(22)23-10-12-7-5-4-6-8-12/h4-8,11,13-16,20-21H,9-10H2,1-3H3/t11-,13+,14+,15-,16+/m1/s1. The van der Waals surface area contributed by atoms with Crippen LogP contribution >= 0.6 is 0 Å². The van der Waals surface area contributed by atoms with E-state index >= 15 is 0 Å². The van der Waals surface area contributed by atoms with Crippen LogP contribution in [-0.4, -0.2) is 64.0 Å². The molecule has 5 atom stereocenters. The van der Waals surface area contributed by atoms with Crippen LogP contribution < -0.4 is 0 Å². The van der Waals surface area contributed by atoms with Crippen LogP contribution in [0.5, 0.6) is 0 Å². The number of nitrogens with zero attached hydrogens (tertiary/aromatic N) is 1. The van der Waals surface area contributed by atoms with E-state index in [4.69, 9.17) is 14.2 Å². The smallest absolute Gasteiger partial charge is 0.410 e. The minimum absolute atomic E-state index is 0.132. The van der Waals surface area contributed by atoms with Crippen molar-refractivity contribution in [3.8, 4) is 0 Å². The lowest BCUT2D eigenvalue weighted by Gasteiger charge is -2.34. The summed E-state index contributed by atoms with van der Waals surface area (Å²) in [5.41, 5.74) is 0.871. The van der Waals surface area contributed by atoms with Crippen molar-refractivity contribution in [3.63, 3.8) is 0 Å². The molecule has 25 heavy (non-hydrogen) atoms. The highest BCUT2D eigenvalue weighted by atomic mass is 16.8. The Balaban J connectivity index is 1.75. The zero-order valence-electron chi connectivity index (χ0n) is 14.7. The highest BCUT2D eigenvalue weighted by Gasteiger charge is 2.59. The summed E-state index contributed by atoms with van der Waals surface area (Å²) in [5.74, 6) is -0.795. The number of hydrogen-bond donors (Lipinski definition) is 2. The molecule has 138 valence electrons. The van der Waals surface area contributed by atoms with Gasteiger partial charge >= 0.3 is 6.09 Å². The molecule has 0 aromatic heterocycles. The topological polar surface area (TPSA) is 88.5 Å². The summed E-state index contributed by atoms with van der Waals surface area (Å²) in [6.07, 6.45) is -2.60. The molecule has 1 amide bonds. The Morgan fingerprint density at radius 3 is 2.56 bits per heavy atom. The van der Waals surface area contributed by atoms with E-state index in [0.717, 1.165) is 5.56 Å².